The summed E-state index contributed by atoms with van der Waals surface area (Å²) in [5, 5.41) is 9.76. The average Bonchev–Trinajstić information content (AvgIpc) is 2.30. The Bertz CT molecular complexity index is 335. The molecule has 0 saturated carbocycles. The van der Waals surface area contributed by atoms with E-state index in [0.29, 0.717) is 11.1 Å². The number of nitrogens with zero attached hydrogens (tertiary/aromatic N) is 3. The van der Waals surface area contributed by atoms with Crippen molar-refractivity contribution in [2.45, 2.75) is 0 Å². The van der Waals surface area contributed by atoms with E-state index in [4.69, 9.17) is 14.4 Å². The molecule has 0 spiro atoms. The molecule has 0 fully saturated rings. The molecule has 8 heteroatoms. The Balaban J connectivity index is 2.48. The van der Waals surface area contributed by atoms with E-state index < -0.39 is 5.03 Å². The Morgan fingerprint density at radius 3 is 2.65 bits per heavy atom. The van der Waals surface area contributed by atoms with Gasteiger partial charge in [-0.15, -0.1) is 0 Å². The van der Waals surface area contributed by atoms with Crippen molar-refractivity contribution < 1.29 is 19.4 Å². The van der Waals surface area contributed by atoms with E-state index in [-0.39, 0.29) is 13.2 Å². The standard InChI is InChI=1S/C9H12N3O5/c1-15-7-8-16-12(10-11(13)14)17-9-5-3-2-4-6-9/h2-6H,7-8H2,1H3/q-1. The van der Waals surface area contributed by atoms with E-state index in [1.807, 2.05) is 0 Å². The van der Waals surface area contributed by atoms with E-state index >= 15 is 0 Å². The summed E-state index contributed by atoms with van der Waals surface area (Å²) in [5.74, 6) is 0.371. The lowest BCUT2D eigenvalue weighted by molar-refractivity contribution is -0.502. The van der Waals surface area contributed by atoms with Crippen LogP contribution in [0.2, 0.25) is 0 Å². The molecule has 0 N–H and O–H groups in total. The highest BCUT2D eigenvalue weighted by Gasteiger charge is 2.02. The van der Waals surface area contributed by atoms with Gasteiger partial charge in [0.25, 0.3) is 0 Å². The van der Waals surface area contributed by atoms with Gasteiger partial charge in [-0.25, -0.2) is 5.53 Å². The topological polar surface area (TPSA) is 88.2 Å². The molecule has 1 aromatic carbocycles. The van der Waals surface area contributed by atoms with Crippen LogP contribution in [0.5, 0.6) is 5.75 Å². The zero-order valence-electron chi connectivity index (χ0n) is 9.18. The zero-order valence-corrected chi connectivity index (χ0v) is 9.18. The minimum atomic E-state index is -0.921. The molecular formula is C9H12N3O5-. The van der Waals surface area contributed by atoms with Crippen molar-refractivity contribution in [1.29, 1.82) is 0 Å². The molecule has 0 saturated heterocycles. The predicted molar refractivity (Wildman–Crippen MR) is 57.1 cm³/mol. The molecule has 0 radical (unpaired) electrons. The van der Waals surface area contributed by atoms with E-state index in [1.165, 1.54) is 7.11 Å². The lowest BCUT2D eigenvalue weighted by Gasteiger charge is -2.26. The van der Waals surface area contributed by atoms with Crippen LogP contribution in [0.1, 0.15) is 0 Å². The second-order valence-corrected chi connectivity index (χ2v) is 2.80. The van der Waals surface area contributed by atoms with Crippen LogP contribution in [0.3, 0.4) is 0 Å². The van der Waals surface area contributed by atoms with Crippen LogP contribution in [0, 0.1) is 10.1 Å². The first-order chi connectivity index (χ1) is 8.22. The van der Waals surface area contributed by atoms with Crippen LogP contribution < -0.4 is 4.84 Å². The molecule has 0 heterocycles. The molecule has 0 unspecified atom stereocenters. The van der Waals surface area contributed by atoms with E-state index in [9.17, 15) is 10.1 Å². The van der Waals surface area contributed by atoms with Crippen molar-refractivity contribution in [3.05, 3.63) is 46.0 Å². The summed E-state index contributed by atoms with van der Waals surface area (Å²) < 4.78 is 4.73. The highest BCUT2D eigenvalue weighted by Crippen LogP contribution is 2.13. The first-order valence-corrected chi connectivity index (χ1v) is 4.73. The Hall–Kier alpha value is -1.90. The fourth-order valence-corrected chi connectivity index (χ4v) is 0.900. The van der Waals surface area contributed by atoms with Crippen LogP contribution in [0.25, 0.3) is 5.53 Å². The van der Waals surface area contributed by atoms with Gasteiger partial charge in [0.1, 0.15) is 5.75 Å². The maximum Gasteiger partial charge on any atom is 0.148 e. The van der Waals surface area contributed by atoms with E-state index in [0.717, 1.165) is 0 Å². The first-order valence-electron chi connectivity index (χ1n) is 4.73. The molecule has 17 heavy (non-hydrogen) atoms. The van der Waals surface area contributed by atoms with Crippen molar-refractivity contribution in [3.8, 4) is 5.75 Å². The molecule has 1 aromatic rings. The van der Waals surface area contributed by atoms with Crippen LogP contribution in [-0.4, -0.2) is 30.7 Å². The summed E-state index contributed by atoms with van der Waals surface area (Å²) in [6, 6.07) is 8.45. The SMILES string of the molecule is COCCON([N-][N+](=O)[O-])Oc1ccccc1. The highest BCUT2D eigenvalue weighted by molar-refractivity contribution is 5.20. The second-order valence-electron chi connectivity index (χ2n) is 2.80. The smallest absolute Gasteiger partial charge is 0.148 e. The molecule has 0 amide bonds. The van der Waals surface area contributed by atoms with Crippen LogP contribution >= 0.6 is 0 Å². The second kappa shape index (κ2) is 7.39. The molecule has 0 aromatic heterocycles. The number of rotatable bonds is 8. The summed E-state index contributed by atoms with van der Waals surface area (Å²) in [7, 11) is 1.48. The summed E-state index contributed by atoms with van der Waals surface area (Å²) in [4.78, 5) is 20.1. The van der Waals surface area contributed by atoms with Crippen molar-refractivity contribution in [2.24, 2.45) is 0 Å². The average molecular weight is 242 g/mol. The molecule has 0 bridgehead atoms. The third-order valence-corrected chi connectivity index (χ3v) is 1.56. The number of hydrogen-bond donors (Lipinski definition) is 0. The number of ether oxygens (including phenoxy) is 1. The summed E-state index contributed by atoms with van der Waals surface area (Å²) in [6.07, 6.45) is 0. The van der Waals surface area contributed by atoms with Crippen LogP contribution in [0.15, 0.2) is 30.3 Å². The zero-order chi connectivity index (χ0) is 12.5. The molecule has 94 valence electrons. The maximum atomic E-state index is 10.2. The number of methoxy groups -OCH3 is 1. The molecule has 0 aliphatic carbocycles. The summed E-state index contributed by atoms with van der Waals surface area (Å²) in [6.45, 7) is 0.350. The van der Waals surface area contributed by atoms with Crippen molar-refractivity contribution in [2.75, 3.05) is 20.3 Å². The van der Waals surface area contributed by atoms with Crippen LogP contribution in [-0.2, 0) is 9.57 Å². The predicted octanol–water partition coefficient (Wildman–Crippen LogP) is 1.34. The summed E-state index contributed by atoms with van der Waals surface area (Å²) in [5.41, 5.74) is 2.90. The third-order valence-electron chi connectivity index (χ3n) is 1.56. The normalized spacial score (nSPS) is 10.2. The van der Waals surface area contributed by atoms with E-state index in [2.05, 4.69) is 5.53 Å². The van der Waals surface area contributed by atoms with Crippen molar-refractivity contribution in [3.63, 3.8) is 0 Å². The Kier molecular flexibility index (Phi) is 5.72. The maximum absolute atomic E-state index is 10.2. The minimum Gasteiger partial charge on any atom is -0.391 e. The first kappa shape index (κ1) is 13.2. The van der Waals surface area contributed by atoms with Crippen molar-refractivity contribution in [1.82, 2.24) is 5.34 Å². The number of para-hydroxylation sites is 1. The fourth-order valence-electron chi connectivity index (χ4n) is 0.900. The number of hydrogen-bond acceptors (Lipinski definition) is 6. The van der Waals surface area contributed by atoms with Gasteiger partial charge < -0.3 is 9.57 Å². The molecule has 0 aliphatic rings. The minimum absolute atomic E-state index is 0.0840. The molecular weight excluding hydrogens is 230 g/mol. The van der Waals surface area contributed by atoms with Gasteiger partial charge in [0.2, 0.25) is 0 Å². The lowest BCUT2D eigenvalue weighted by Crippen LogP contribution is -2.27. The highest BCUT2D eigenvalue weighted by atomic mass is 17.0. The largest absolute Gasteiger partial charge is 0.391 e. The van der Waals surface area contributed by atoms with Gasteiger partial charge in [-0.1, -0.05) is 18.2 Å². The van der Waals surface area contributed by atoms with Gasteiger partial charge in [-0.05, 0) is 17.5 Å². The number of benzene rings is 1. The quantitative estimate of drug-likeness (QED) is 0.388. The monoisotopic (exact) mass is 242 g/mol. The Morgan fingerprint density at radius 2 is 2.06 bits per heavy atom. The number of nitro groups is 1. The molecule has 0 atom stereocenters. The van der Waals surface area contributed by atoms with Crippen molar-refractivity contribution >= 4 is 0 Å². The summed E-state index contributed by atoms with van der Waals surface area (Å²) >= 11 is 0. The third kappa shape index (κ3) is 5.66. The molecule has 1 rings (SSSR count). The van der Waals surface area contributed by atoms with Gasteiger partial charge in [0, 0.05) is 12.1 Å². The molecule has 8 nitrogen and oxygen atoms in total. The van der Waals surface area contributed by atoms with Gasteiger partial charge in [-0.2, -0.15) is 0 Å². The molecule has 0 aliphatic heterocycles. The van der Waals surface area contributed by atoms with Gasteiger partial charge in [-0.3, -0.25) is 15.0 Å². The Morgan fingerprint density at radius 1 is 1.35 bits per heavy atom. The van der Waals surface area contributed by atoms with Gasteiger partial charge in [0.15, 0.2) is 0 Å². The lowest BCUT2D eigenvalue weighted by atomic mass is 10.3. The van der Waals surface area contributed by atoms with E-state index in [1.54, 1.807) is 30.3 Å². The fraction of sp³-hybridized carbons (Fsp3) is 0.333. The van der Waals surface area contributed by atoms with Gasteiger partial charge in [0.05, 0.1) is 13.2 Å². The Labute approximate surface area is 97.7 Å². The van der Waals surface area contributed by atoms with Crippen LogP contribution in [0.4, 0.5) is 0 Å². The van der Waals surface area contributed by atoms with Gasteiger partial charge >= 0.3 is 0 Å².